The van der Waals surface area contributed by atoms with Crippen molar-refractivity contribution in [2.45, 2.75) is 24.9 Å². The van der Waals surface area contributed by atoms with E-state index in [1.165, 1.54) is 6.33 Å². The standard InChI is InChI=1S/C22H20N4O6.C7H6O2/c23-21-24-13-26(22(29)25-21)18-17(32-20(28)15-9-5-2-6-10-15)11-16(31-18)12-30-19(27)14-7-3-1-4-8-14;8-7(9)6-4-2-1-3-5-6/h1-10,13,16-18H,11-12H2,(H2,23,25,29);1-5H,(H,8,9)/t16-,17-,18?;/m0./s1. The van der Waals surface area contributed by atoms with Crippen LogP contribution in [0.15, 0.2) is 102 Å². The van der Waals surface area contributed by atoms with Gasteiger partial charge in [-0.3, -0.25) is 4.57 Å². The third-order valence-electron chi connectivity index (χ3n) is 5.86. The number of nitrogens with two attached hydrogens (primary N) is 1. The number of hydrogen-bond donors (Lipinski definition) is 2. The Hall–Kier alpha value is -5.36. The molecule has 0 amide bonds. The lowest BCUT2D eigenvalue weighted by molar-refractivity contribution is -0.0635. The van der Waals surface area contributed by atoms with Gasteiger partial charge in [-0.1, -0.05) is 54.6 Å². The number of rotatable bonds is 7. The summed E-state index contributed by atoms with van der Waals surface area (Å²) in [6, 6.07) is 25.2. The highest BCUT2D eigenvalue weighted by Gasteiger charge is 2.40. The van der Waals surface area contributed by atoms with Crippen LogP contribution in [0.3, 0.4) is 0 Å². The summed E-state index contributed by atoms with van der Waals surface area (Å²) in [7, 11) is 0. The summed E-state index contributed by atoms with van der Waals surface area (Å²) in [5.74, 6) is -2.15. The second-order valence-electron chi connectivity index (χ2n) is 8.73. The van der Waals surface area contributed by atoms with Crippen LogP contribution in [0.1, 0.15) is 43.7 Å². The molecule has 1 saturated heterocycles. The Labute approximate surface area is 234 Å². The van der Waals surface area contributed by atoms with Gasteiger partial charge >= 0.3 is 23.6 Å². The summed E-state index contributed by atoms with van der Waals surface area (Å²) < 4.78 is 17.9. The molecule has 1 unspecified atom stereocenters. The van der Waals surface area contributed by atoms with Gasteiger partial charge in [0.05, 0.1) is 22.8 Å². The molecule has 5 rings (SSSR count). The van der Waals surface area contributed by atoms with Crippen molar-refractivity contribution >= 4 is 23.9 Å². The molecule has 1 aliphatic rings. The summed E-state index contributed by atoms with van der Waals surface area (Å²) in [5.41, 5.74) is 5.84. The van der Waals surface area contributed by atoms with Gasteiger partial charge in [0.15, 0.2) is 6.23 Å². The Kier molecular flexibility index (Phi) is 9.52. The first kappa shape index (κ1) is 28.6. The van der Waals surface area contributed by atoms with Gasteiger partial charge in [0.1, 0.15) is 19.0 Å². The zero-order valence-electron chi connectivity index (χ0n) is 21.6. The number of carboxylic acids is 1. The van der Waals surface area contributed by atoms with E-state index in [9.17, 15) is 19.2 Å². The monoisotopic (exact) mass is 558 g/mol. The van der Waals surface area contributed by atoms with Crippen molar-refractivity contribution in [3.8, 4) is 0 Å². The molecule has 4 aromatic rings. The zero-order valence-corrected chi connectivity index (χ0v) is 21.6. The normalized spacial score (nSPS) is 17.5. The van der Waals surface area contributed by atoms with Crippen molar-refractivity contribution in [1.29, 1.82) is 0 Å². The first-order valence-corrected chi connectivity index (χ1v) is 12.4. The van der Waals surface area contributed by atoms with Crippen molar-refractivity contribution in [3.63, 3.8) is 0 Å². The maximum atomic E-state index is 12.6. The second-order valence-corrected chi connectivity index (χ2v) is 8.73. The Balaban J connectivity index is 0.000000367. The van der Waals surface area contributed by atoms with Gasteiger partial charge in [0.2, 0.25) is 5.95 Å². The van der Waals surface area contributed by atoms with Gasteiger partial charge in [-0.15, -0.1) is 0 Å². The molecule has 3 aromatic carbocycles. The first-order valence-electron chi connectivity index (χ1n) is 12.4. The number of esters is 2. The number of ether oxygens (including phenoxy) is 3. The van der Waals surface area contributed by atoms with Crippen LogP contribution in [0.5, 0.6) is 0 Å². The maximum Gasteiger partial charge on any atom is 0.354 e. The van der Waals surface area contributed by atoms with Gasteiger partial charge in [0.25, 0.3) is 0 Å². The quantitative estimate of drug-likeness (QED) is 0.319. The SMILES string of the molecule is Nc1ncn(C2O[C@H](COC(=O)c3ccccc3)C[C@@H]2OC(=O)c2ccccc2)c(=O)n1.O=C(O)c1ccccc1. The van der Waals surface area contributed by atoms with Crippen LogP contribution in [0, 0.1) is 0 Å². The number of nitrogen functional groups attached to an aromatic ring is 1. The van der Waals surface area contributed by atoms with E-state index in [0.29, 0.717) is 16.7 Å². The number of nitrogens with zero attached hydrogens (tertiary/aromatic N) is 3. The van der Waals surface area contributed by atoms with Gasteiger partial charge in [0, 0.05) is 6.42 Å². The average Bonchev–Trinajstić information content (AvgIpc) is 3.39. The van der Waals surface area contributed by atoms with Crippen molar-refractivity contribution in [2.75, 3.05) is 12.3 Å². The second kappa shape index (κ2) is 13.6. The highest BCUT2D eigenvalue weighted by atomic mass is 16.6. The van der Waals surface area contributed by atoms with E-state index in [1.54, 1.807) is 91.0 Å². The Bertz CT molecular complexity index is 1530. The molecule has 12 heteroatoms. The van der Waals surface area contributed by atoms with E-state index in [0.717, 1.165) is 4.57 Å². The molecular weight excluding hydrogens is 532 g/mol. The van der Waals surface area contributed by atoms with Crippen molar-refractivity contribution in [3.05, 3.63) is 124 Å². The third kappa shape index (κ3) is 7.83. The molecule has 1 aromatic heterocycles. The molecule has 41 heavy (non-hydrogen) atoms. The average molecular weight is 559 g/mol. The highest BCUT2D eigenvalue weighted by molar-refractivity contribution is 5.90. The molecular formula is C29H26N4O8. The minimum absolute atomic E-state index is 0.0891. The number of carbonyl (C=O) groups excluding carboxylic acids is 2. The topological polar surface area (TPSA) is 173 Å². The van der Waals surface area contributed by atoms with Crippen LogP contribution in [0.2, 0.25) is 0 Å². The third-order valence-corrected chi connectivity index (χ3v) is 5.86. The molecule has 1 fully saturated rings. The number of carboxylic acid groups (broad SMARTS) is 1. The lowest BCUT2D eigenvalue weighted by Gasteiger charge is -2.20. The van der Waals surface area contributed by atoms with E-state index in [2.05, 4.69) is 9.97 Å². The van der Waals surface area contributed by atoms with Gasteiger partial charge < -0.3 is 25.1 Å². The molecule has 1 aliphatic heterocycles. The molecule has 2 heterocycles. The van der Waals surface area contributed by atoms with Crippen LogP contribution in [-0.2, 0) is 14.2 Å². The number of aromatic nitrogens is 3. The Morgan fingerprint density at radius 3 is 1.93 bits per heavy atom. The number of anilines is 1. The molecule has 210 valence electrons. The number of aromatic carboxylic acids is 1. The van der Waals surface area contributed by atoms with E-state index in [-0.39, 0.29) is 19.0 Å². The van der Waals surface area contributed by atoms with Gasteiger partial charge in [-0.2, -0.15) is 4.98 Å². The van der Waals surface area contributed by atoms with E-state index >= 15 is 0 Å². The predicted octanol–water partition coefficient (Wildman–Crippen LogP) is 2.98. The molecule has 3 N–H and O–H groups in total. The predicted molar refractivity (Wildman–Crippen MR) is 145 cm³/mol. The smallest absolute Gasteiger partial charge is 0.354 e. The highest BCUT2D eigenvalue weighted by Crippen LogP contribution is 2.31. The molecule has 0 aliphatic carbocycles. The molecule has 0 spiro atoms. The molecule has 0 radical (unpaired) electrons. The van der Waals surface area contributed by atoms with Gasteiger partial charge in [-0.25, -0.2) is 24.2 Å². The summed E-state index contributed by atoms with van der Waals surface area (Å²) in [6.45, 7) is -0.0891. The number of benzene rings is 3. The minimum Gasteiger partial charge on any atom is -0.478 e. The molecule has 0 saturated carbocycles. The fraction of sp³-hybridized carbons (Fsp3) is 0.172. The zero-order chi connectivity index (χ0) is 29.2. The lowest BCUT2D eigenvalue weighted by Crippen LogP contribution is -2.34. The summed E-state index contributed by atoms with van der Waals surface area (Å²) >= 11 is 0. The largest absolute Gasteiger partial charge is 0.478 e. The summed E-state index contributed by atoms with van der Waals surface area (Å²) in [5, 5.41) is 8.38. The van der Waals surface area contributed by atoms with Crippen molar-refractivity contribution < 1.29 is 33.7 Å². The van der Waals surface area contributed by atoms with Crippen LogP contribution in [0.4, 0.5) is 5.95 Å². The van der Waals surface area contributed by atoms with Crippen LogP contribution in [0.25, 0.3) is 0 Å². The van der Waals surface area contributed by atoms with Crippen LogP contribution >= 0.6 is 0 Å². The first-order chi connectivity index (χ1) is 19.8. The van der Waals surface area contributed by atoms with E-state index in [4.69, 9.17) is 25.1 Å². The maximum absolute atomic E-state index is 12.6. The molecule has 3 atom stereocenters. The van der Waals surface area contributed by atoms with E-state index < -0.39 is 42.0 Å². The van der Waals surface area contributed by atoms with Crippen LogP contribution < -0.4 is 11.4 Å². The minimum atomic E-state index is -1.00. The van der Waals surface area contributed by atoms with E-state index in [1.807, 2.05) is 0 Å². The van der Waals surface area contributed by atoms with Crippen LogP contribution in [-0.4, -0.2) is 56.4 Å². The fourth-order valence-electron chi connectivity index (χ4n) is 3.89. The number of hydrogen-bond acceptors (Lipinski definition) is 10. The van der Waals surface area contributed by atoms with Crippen molar-refractivity contribution in [1.82, 2.24) is 14.5 Å². The molecule has 12 nitrogen and oxygen atoms in total. The van der Waals surface area contributed by atoms with Crippen molar-refractivity contribution in [2.24, 2.45) is 0 Å². The molecule has 0 bridgehead atoms. The lowest BCUT2D eigenvalue weighted by atomic mass is 10.2. The Morgan fingerprint density at radius 2 is 1.41 bits per heavy atom. The summed E-state index contributed by atoms with van der Waals surface area (Å²) in [6.07, 6.45) is -1.09. The number of carbonyl (C=O) groups is 3. The fourth-order valence-corrected chi connectivity index (χ4v) is 3.89. The Morgan fingerprint density at radius 1 is 0.878 bits per heavy atom. The summed E-state index contributed by atoms with van der Waals surface area (Å²) in [4.78, 5) is 54.7. The van der Waals surface area contributed by atoms with Gasteiger partial charge in [-0.05, 0) is 36.4 Å².